The van der Waals surface area contributed by atoms with E-state index in [1.807, 2.05) is 60.7 Å². The van der Waals surface area contributed by atoms with E-state index >= 15 is 0 Å². The number of carbonyl (C=O) groups is 1. The average Bonchev–Trinajstić information content (AvgIpc) is 2.41. The molecule has 3 heteroatoms. The largest absolute Gasteiger partial charge is 0.281 e. The quantitative estimate of drug-likeness (QED) is 0.758. The second kappa shape index (κ2) is 5.60. The number of nitrogens with zero attached hydrogens (tertiary/aromatic N) is 1. The summed E-state index contributed by atoms with van der Waals surface area (Å²) in [5.74, 6) is 0.0624. The van der Waals surface area contributed by atoms with Crippen molar-refractivity contribution < 1.29 is 4.79 Å². The summed E-state index contributed by atoms with van der Waals surface area (Å²) in [6.07, 6.45) is 0.407. The summed E-state index contributed by atoms with van der Waals surface area (Å²) >= 11 is 0. The van der Waals surface area contributed by atoms with Gasteiger partial charge in [0, 0.05) is 17.5 Å². The van der Waals surface area contributed by atoms with Crippen molar-refractivity contribution >= 4 is 26.5 Å². The number of hydrogen-bond acceptors (Lipinski definition) is 1. The lowest BCUT2D eigenvalue weighted by Gasteiger charge is -2.22. The molecule has 86 valence electrons. The van der Waals surface area contributed by atoms with Crippen LogP contribution in [0.25, 0.3) is 0 Å². The van der Waals surface area contributed by atoms with Gasteiger partial charge >= 0.3 is 0 Å². The monoisotopic (exact) mass is 243 g/mol. The highest BCUT2D eigenvalue weighted by Crippen LogP contribution is 2.25. The van der Waals surface area contributed by atoms with Crippen molar-refractivity contribution in [3.05, 3.63) is 60.7 Å². The first-order valence-corrected chi connectivity index (χ1v) is 6.27. The first kappa shape index (κ1) is 11.8. The highest BCUT2D eigenvalue weighted by atomic mass is 31.0. The number of carbonyl (C=O) groups excluding carboxylic acids is 1. The molecule has 0 N–H and O–H groups in total. The molecule has 2 rings (SSSR count). The SMILES string of the molecule is O=C(CP)N(c1ccccc1)c1ccccc1. The van der Waals surface area contributed by atoms with Crippen molar-refractivity contribution in [2.45, 2.75) is 0 Å². The van der Waals surface area contributed by atoms with Gasteiger partial charge < -0.3 is 0 Å². The van der Waals surface area contributed by atoms with E-state index < -0.39 is 0 Å². The van der Waals surface area contributed by atoms with E-state index in [-0.39, 0.29) is 5.91 Å². The van der Waals surface area contributed by atoms with Crippen LogP contribution in [0.4, 0.5) is 11.4 Å². The molecular weight excluding hydrogens is 229 g/mol. The Morgan fingerprint density at radius 3 is 1.65 bits per heavy atom. The van der Waals surface area contributed by atoms with Crippen LogP contribution < -0.4 is 4.90 Å². The van der Waals surface area contributed by atoms with Gasteiger partial charge in [-0.3, -0.25) is 9.69 Å². The molecule has 0 bridgehead atoms. The summed E-state index contributed by atoms with van der Waals surface area (Å²) in [6, 6.07) is 19.4. The topological polar surface area (TPSA) is 20.3 Å². The lowest BCUT2D eigenvalue weighted by Crippen LogP contribution is -2.26. The van der Waals surface area contributed by atoms with Gasteiger partial charge in [0.25, 0.3) is 0 Å². The van der Waals surface area contributed by atoms with Crippen LogP contribution in [-0.2, 0) is 4.79 Å². The third-order valence-electron chi connectivity index (χ3n) is 2.45. The lowest BCUT2D eigenvalue weighted by atomic mass is 10.2. The Kier molecular flexibility index (Phi) is 3.89. The maximum absolute atomic E-state index is 12.0. The molecule has 0 aromatic heterocycles. The zero-order valence-corrected chi connectivity index (χ0v) is 10.6. The minimum atomic E-state index is 0.0624. The van der Waals surface area contributed by atoms with Gasteiger partial charge in [0.1, 0.15) is 0 Å². The zero-order valence-electron chi connectivity index (χ0n) is 9.41. The molecular formula is C14H14NOP. The van der Waals surface area contributed by atoms with Crippen molar-refractivity contribution in [1.29, 1.82) is 0 Å². The van der Waals surface area contributed by atoms with E-state index in [0.29, 0.717) is 6.16 Å². The fraction of sp³-hybridized carbons (Fsp3) is 0.0714. The van der Waals surface area contributed by atoms with Gasteiger partial charge in [-0.1, -0.05) is 36.4 Å². The van der Waals surface area contributed by atoms with Crippen LogP contribution in [-0.4, -0.2) is 12.1 Å². The van der Waals surface area contributed by atoms with E-state index in [4.69, 9.17) is 0 Å². The van der Waals surface area contributed by atoms with Crippen LogP contribution >= 0.6 is 9.24 Å². The zero-order chi connectivity index (χ0) is 12.1. The molecule has 0 aliphatic rings. The van der Waals surface area contributed by atoms with Crippen LogP contribution in [0.2, 0.25) is 0 Å². The fourth-order valence-corrected chi connectivity index (χ4v) is 1.87. The van der Waals surface area contributed by atoms with Crippen molar-refractivity contribution in [3.63, 3.8) is 0 Å². The molecule has 1 atom stereocenters. The Labute approximate surface area is 103 Å². The number of amides is 1. The first-order chi connectivity index (χ1) is 8.33. The third-order valence-corrected chi connectivity index (χ3v) is 2.80. The normalized spacial score (nSPS) is 9.94. The number of hydrogen-bond donors (Lipinski definition) is 0. The van der Waals surface area contributed by atoms with Gasteiger partial charge in [-0.05, 0) is 24.3 Å². The van der Waals surface area contributed by atoms with Crippen LogP contribution in [0.1, 0.15) is 0 Å². The number of rotatable bonds is 3. The molecule has 0 spiro atoms. The van der Waals surface area contributed by atoms with E-state index in [1.54, 1.807) is 4.90 Å². The van der Waals surface area contributed by atoms with Gasteiger partial charge in [0.05, 0.1) is 0 Å². The van der Waals surface area contributed by atoms with Crippen LogP contribution in [0.5, 0.6) is 0 Å². The highest BCUT2D eigenvalue weighted by Gasteiger charge is 2.15. The number of anilines is 2. The summed E-state index contributed by atoms with van der Waals surface area (Å²) in [5.41, 5.74) is 1.79. The maximum atomic E-state index is 12.0. The lowest BCUT2D eigenvalue weighted by molar-refractivity contribution is -0.115. The molecule has 2 aromatic rings. The van der Waals surface area contributed by atoms with Gasteiger partial charge in [-0.25, -0.2) is 0 Å². The van der Waals surface area contributed by atoms with Gasteiger partial charge in [-0.15, -0.1) is 9.24 Å². The van der Waals surface area contributed by atoms with Gasteiger partial charge in [-0.2, -0.15) is 0 Å². The molecule has 0 radical (unpaired) electrons. The maximum Gasteiger partial charge on any atom is 0.235 e. The smallest absolute Gasteiger partial charge is 0.235 e. The fourth-order valence-electron chi connectivity index (χ4n) is 1.68. The Morgan fingerprint density at radius 1 is 0.882 bits per heavy atom. The first-order valence-electron chi connectivity index (χ1n) is 5.46. The minimum Gasteiger partial charge on any atom is -0.281 e. The molecule has 2 aromatic carbocycles. The molecule has 1 unspecified atom stereocenters. The molecule has 0 heterocycles. The van der Waals surface area contributed by atoms with E-state index in [0.717, 1.165) is 11.4 Å². The number of benzene rings is 2. The Morgan fingerprint density at radius 2 is 1.29 bits per heavy atom. The summed E-state index contributed by atoms with van der Waals surface area (Å²) < 4.78 is 0. The van der Waals surface area contributed by atoms with Crippen LogP contribution in [0.3, 0.4) is 0 Å². The molecule has 0 aliphatic carbocycles. The minimum absolute atomic E-state index is 0.0624. The average molecular weight is 243 g/mol. The Bertz CT molecular complexity index is 445. The van der Waals surface area contributed by atoms with E-state index in [2.05, 4.69) is 9.24 Å². The standard InChI is InChI=1S/C14H14NOP/c16-14(11-17)15(12-7-3-1-4-8-12)13-9-5-2-6-10-13/h1-10H,11,17H2. The summed E-state index contributed by atoms with van der Waals surface area (Å²) in [7, 11) is 2.47. The Hall–Kier alpha value is -1.66. The predicted octanol–water partition coefficient (Wildman–Crippen LogP) is 3.23. The van der Waals surface area contributed by atoms with Gasteiger partial charge in [0.15, 0.2) is 0 Å². The second-order valence-electron chi connectivity index (χ2n) is 3.60. The highest BCUT2D eigenvalue weighted by molar-refractivity contribution is 7.18. The summed E-state index contributed by atoms with van der Waals surface area (Å²) in [4.78, 5) is 13.7. The molecule has 0 saturated heterocycles. The second-order valence-corrected chi connectivity index (χ2v) is 4.01. The van der Waals surface area contributed by atoms with Gasteiger partial charge in [0.2, 0.25) is 5.91 Å². The molecule has 1 amide bonds. The predicted molar refractivity (Wildman–Crippen MR) is 74.6 cm³/mol. The van der Waals surface area contributed by atoms with E-state index in [9.17, 15) is 4.79 Å². The molecule has 0 aliphatic heterocycles. The summed E-state index contributed by atoms with van der Waals surface area (Å²) in [6.45, 7) is 0. The van der Waals surface area contributed by atoms with Crippen molar-refractivity contribution in [1.82, 2.24) is 0 Å². The van der Waals surface area contributed by atoms with Crippen LogP contribution in [0.15, 0.2) is 60.7 Å². The Balaban J connectivity index is 2.43. The third kappa shape index (κ3) is 2.72. The van der Waals surface area contributed by atoms with E-state index in [1.165, 1.54) is 0 Å². The molecule has 2 nitrogen and oxygen atoms in total. The molecule has 0 fully saturated rings. The summed E-state index contributed by atoms with van der Waals surface area (Å²) in [5, 5.41) is 0. The molecule has 17 heavy (non-hydrogen) atoms. The number of para-hydroxylation sites is 2. The van der Waals surface area contributed by atoms with Crippen LogP contribution in [0, 0.1) is 0 Å². The van der Waals surface area contributed by atoms with Crippen molar-refractivity contribution in [3.8, 4) is 0 Å². The van der Waals surface area contributed by atoms with Crippen molar-refractivity contribution in [2.75, 3.05) is 11.1 Å². The molecule has 0 saturated carbocycles. The van der Waals surface area contributed by atoms with Crippen molar-refractivity contribution in [2.24, 2.45) is 0 Å².